The largest absolute Gasteiger partial charge is 0.325 e. The number of rotatable bonds is 6. The molecule has 0 bridgehead atoms. The van der Waals surface area contributed by atoms with E-state index in [2.05, 4.69) is 10.0 Å². The minimum Gasteiger partial charge on any atom is -0.325 e. The molecule has 0 spiro atoms. The number of nitro benzene ring substituents is 1. The molecular weight excluding hydrogens is 358 g/mol. The van der Waals surface area contributed by atoms with E-state index in [1.54, 1.807) is 18.2 Å². The van der Waals surface area contributed by atoms with Crippen molar-refractivity contribution in [1.82, 2.24) is 4.72 Å². The summed E-state index contributed by atoms with van der Waals surface area (Å²) in [6.45, 7) is -0.494. The number of anilines is 1. The molecule has 0 radical (unpaired) electrons. The summed E-state index contributed by atoms with van der Waals surface area (Å²) in [5.74, 6) is -0.581. The Morgan fingerprint density at radius 3 is 2.42 bits per heavy atom. The van der Waals surface area contributed by atoms with Gasteiger partial charge in [0.1, 0.15) is 0 Å². The zero-order valence-corrected chi connectivity index (χ0v) is 13.7. The maximum Gasteiger partial charge on any atom is 0.269 e. The SMILES string of the molecule is O=C(CNS(=O)(=O)c1ccc([N+](=O)[O-])cc1)Nc1cccc(Cl)c1. The Kier molecular flexibility index (Phi) is 5.50. The molecule has 2 aromatic rings. The number of non-ortho nitro benzene ring substituents is 1. The van der Waals surface area contributed by atoms with E-state index in [1.807, 2.05) is 0 Å². The van der Waals surface area contributed by atoms with Crippen LogP contribution in [0, 0.1) is 10.1 Å². The minimum absolute atomic E-state index is 0.177. The summed E-state index contributed by atoms with van der Waals surface area (Å²) < 4.78 is 26.2. The van der Waals surface area contributed by atoms with Crippen molar-refractivity contribution in [2.24, 2.45) is 0 Å². The van der Waals surface area contributed by atoms with Gasteiger partial charge in [-0.25, -0.2) is 13.1 Å². The van der Waals surface area contributed by atoms with Crippen molar-refractivity contribution in [1.29, 1.82) is 0 Å². The van der Waals surface area contributed by atoms with Gasteiger partial charge in [-0.3, -0.25) is 14.9 Å². The summed E-state index contributed by atoms with van der Waals surface area (Å²) in [6.07, 6.45) is 0. The summed E-state index contributed by atoms with van der Waals surface area (Å²) in [5.41, 5.74) is 0.203. The van der Waals surface area contributed by atoms with Crippen molar-refractivity contribution in [3.63, 3.8) is 0 Å². The fraction of sp³-hybridized carbons (Fsp3) is 0.0714. The fourth-order valence-electron chi connectivity index (χ4n) is 1.76. The van der Waals surface area contributed by atoms with Crippen LogP contribution < -0.4 is 10.0 Å². The van der Waals surface area contributed by atoms with Crippen molar-refractivity contribution >= 4 is 38.9 Å². The van der Waals surface area contributed by atoms with Gasteiger partial charge in [-0.05, 0) is 30.3 Å². The molecule has 2 N–H and O–H groups in total. The highest BCUT2D eigenvalue weighted by Gasteiger charge is 2.17. The van der Waals surface area contributed by atoms with Crippen molar-refractivity contribution in [3.05, 3.63) is 63.7 Å². The Hall–Kier alpha value is -2.49. The van der Waals surface area contributed by atoms with E-state index < -0.39 is 27.4 Å². The number of carbonyl (C=O) groups is 1. The zero-order chi connectivity index (χ0) is 17.7. The molecule has 0 aliphatic heterocycles. The van der Waals surface area contributed by atoms with Crippen LogP contribution in [0.1, 0.15) is 0 Å². The van der Waals surface area contributed by atoms with Crippen LogP contribution in [-0.2, 0) is 14.8 Å². The van der Waals surface area contributed by atoms with Crippen molar-refractivity contribution in [2.45, 2.75) is 4.90 Å². The number of amides is 1. The third-order valence-electron chi connectivity index (χ3n) is 2.89. The lowest BCUT2D eigenvalue weighted by atomic mass is 10.3. The van der Waals surface area contributed by atoms with E-state index in [0.29, 0.717) is 10.7 Å². The predicted molar refractivity (Wildman–Crippen MR) is 88.4 cm³/mol. The maximum absolute atomic E-state index is 12.0. The average Bonchev–Trinajstić information content (AvgIpc) is 2.53. The lowest BCUT2D eigenvalue weighted by Crippen LogP contribution is -2.32. The molecule has 126 valence electrons. The van der Waals surface area contributed by atoms with E-state index in [9.17, 15) is 23.3 Å². The first-order valence-corrected chi connectivity index (χ1v) is 8.43. The van der Waals surface area contributed by atoms with Gasteiger partial charge in [-0.1, -0.05) is 17.7 Å². The maximum atomic E-state index is 12.0. The van der Waals surface area contributed by atoms with E-state index in [1.165, 1.54) is 6.07 Å². The summed E-state index contributed by atoms with van der Waals surface area (Å²) in [4.78, 5) is 21.5. The van der Waals surface area contributed by atoms with Crippen LogP contribution in [0.4, 0.5) is 11.4 Å². The molecule has 0 saturated heterocycles. The first-order valence-electron chi connectivity index (χ1n) is 6.57. The van der Waals surface area contributed by atoms with Crippen LogP contribution in [0.5, 0.6) is 0 Å². The van der Waals surface area contributed by atoms with Crippen molar-refractivity contribution < 1.29 is 18.1 Å². The Bertz CT molecular complexity index is 868. The third-order valence-corrected chi connectivity index (χ3v) is 4.54. The standard InChI is InChI=1S/C14H12ClN3O5S/c15-10-2-1-3-11(8-10)17-14(19)9-16-24(22,23)13-6-4-12(5-7-13)18(20)21/h1-8,16H,9H2,(H,17,19). The summed E-state index contributed by atoms with van der Waals surface area (Å²) in [7, 11) is -3.96. The number of sulfonamides is 1. The van der Waals surface area contributed by atoms with Gasteiger partial charge in [0.2, 0.25) is 15.9 Å². The highest BCUT2D eigenvalue weighted by molar-refractivity contribution is 7.89. The Balaban J connectivity index is 1.99. The van der Waals surface area contributed by atoms with Crippen LogP contribution in [0.25, 0.3) is 0 Å². The summed E-state index contributed by atoms with van der Waals surface area (Å²) in [6, 6.07) is 10.7. The van der Waals surface area contributed by atoms with E-state index in [0.717, 1.165) is 24.3 Å². The second-order valence-electron chi connectivity index (χ2n) is 4.63. The molecule has 1 amide bonds. The molecule has 0 unspecified atom stereocenters. The molecule has 24 heavy (non-hydrogen) atoms. The number of hydrogen-bond donors (Lipinski definition) is 2. The molecule has 0 saturated carbocycles. The summed E-state index contributed by atoms with van der Waals surface area (Å²) >= 11 is 5.78. The van der Waals surface area contributed by atoms with Gasteiger partial charge in [-0.15, -0.1) is 0 Å². The average molecular weight is 370 g/mol. The van der Waals surface area contributed by atoms with Crippen molar-refractivity contribution in [3.8, 4) is 0 Å². The zero-order valence-electron chi connectivity index (χ0n) is 12.1. The van der Waals surface area contributed by atoms with Gasteiger partial charge < -0.3 is 5.32 Å². The fourth-order valence-corrected chi connectivity index (χ4v) is 2.93. The van der Waals surface area contributed by atoms with E-state index >= 15 is 0 Å². The van der Waals surface area contributed by atoms with Gasteiger partial charge in [-0.2, -0.15) is 0 Å². The monoisotopic (exact) mass is 369 g/mol. The molecule has 8 nitrogen and oxygen atoms in total. The minimum atomic E-state index is -3.96. The third kappa shape index (κ3) is 4.75. The van der Waals surface area contributed by atoms with Gasteiger partial charge >= 0.3 is 0 Å². The second kappa shape index (κ2) is 7.39. The van der Waals surface area contributed by atoms with E-state index in [4.69, 9.17) is 11.6 Å². The molecule has 10 heteroatoms. The number of carbonyl (C=O) groups excluding carboxylic acids is 1. The van der Waals surface area contributed by atoms with Crippen LogP contribution in [0.3, 0.4) is 0 Å². The van der Waals surface area contributed by atoms with Gasteiger partial charge in [0, 0.05) is 22.8 Å². The number of nitrogens with one attached hydrogen (secondary N) is 2. The number of nitrogens with zero attached hydrogens (tertiary/aromatic N) is 1. The lowest BCUT2D eigenvalue weighted by Gasteiger charge is -2.08. The Labute approximate surface area is 142 Å². The number of hydrogen-bond acceptors (Lipinski definition) is 5. The number of nitro groups is 1. The first kappa shape index (κ1) is 17.9. The molecule has 0 aliphatic carbocycles. The number of benzene rings is 2. The van der Waals surface area contributed by atoms with Crippen LogP contribution >= 0.6 is 11.6 Å². The molecule has 0 heterocycles. The molecule has 0 atom stereocenters. The molecular formula is C14H12ClN3O5S. The van der Waals surface area contributed by atoms with Gasteiger partial charge in [0.05, 0.1) is 16.4 Å². The molecule has 0 aromatic heterocycles. The summed E-state index contributed by atoms with van der Waals surface area (Å²) in [5, 5.41) is 13.5. The lowest BCUT2D eigenvalue weighted by molar-refractivity contribution is -0.384. The quantitative estimate of drug-likeness (QED) is 0.597. The smallest absolute Gasteiger partial charge is 0.269 e. The molecule has 2 rings (SSSR count). The molecule has 2 aromatic carbocycles. The van der Waals surface area contributed by atoms with Crippen LogP contribution in [0.2, 0.25) is 5.02 Å². The highest BCUT2D eigenvalue weighted by atomic mass is 35.5. The highest BCUT2D eigenvalue weighted by Crippen LogP contribution is 2.16. The Morgan fingerprint density at radius 1 is 1.17 bits per heavy atom. The van der Waals surface area contributed by atoms with Crippen LogP contribution in [-0.4, -0.2) is 25.8 Å². The van der Waals surface area contributed by atoms with E-state index in [-0.39, 0.29) is 10.6 Å². The van der Waals surface area contributed by atoms with Gasteiger partial charge in [0.25, 0.3) is 5.69 Å². The molecule has 0 aliphatic rings. The number of halogens is 1. The predicted octanol–water partition coefficient (Wildman–Crippen LogP) is 2.17. The second-order valence-corrected chi connectivity index (χ2v) is 6.84. The van der Waals surface area contributed by atoms with Crippen molar-refractivity contribution in [2.75, 3.05) is 11.9 Å². The molecule has 0 fully saturated rings. The first-order chi connectivity index (χ1) is 11.3. The Morgan fingerprint density at radius 2 is 1.83 bits per heavy atom. The normalized spacial score (nSPS) is 11.0. The van der Waals surface area contributed by atoms with Gasteiger partial charge in [0.15, 0.2) is 0 Å². The van der Waals surface area contributed by atoms with Crippen LogP contribution in [0.15, 0.2) is 53.4 Å². The topological polar surface area (TPSA) is 118 Å².